The third kappa shape index (κ3) is 6.39. The molecule has 8 nitrogen and oxygen atoms in total. The van der Waals surface area contributed by atoms with E-state index in [1.165, 1.54) is 28.2 Å². The van der Waals surface area contributed by atoms with Crippen LogP contribution in [0.4, 0.5) is 8.78 Å². The second-order valence-electron chi connectivity index (χ2n) is 10.3. The van der Waals surface area contributed by atoms with Crippen molar-refractivity contribution in [2.45, 2.75) is 67.5 Å². The molecule has 202 valence electrons. The minimum Gasteiger partial charge on any atom is -0.365 e. The van der Waals surface area contributed by atoms with Crippen molar-refractivity contribution in [2.75, 3.05) is 19.6 Å². The van der Waals surface area contributed by atoms with Crippen molar-refractivity contribution in [2.24, 2.45) is 0 Å². The minimum atomic E-state index is -3.97. The SMILES string of the molecule is CSc1nc(-c2nnc(C(F)F)s2)c2cc(S(=O)(=O)N(COCC[Si](C)(C)C)C3(C)CC3)cc(Br)c2n1. The molecule has 0 radical (unpaired) electrons. The number of alkyl halides is 2. The highest BCUT2D eigenvalue weighted by molar-refractivity contribution is 9.10. The van der Waals surface area contributed by atoms with E-state index in [0.29, 0.717) is 27.1 Å². The van der Waals surface area contributed by atoms with E-state index in [-0.39, 0.29) is 22.3 Å². The lowest BCUT2D eigenvalue weighted by Gasteiger charge is -2.29. The lowest BCUT2D eigenvalue weighted by molar-refractivity contribution is 0.0591. The number of aromatic nitrogens is 4. The Kier molecular flexibility index (Phi) is 8.44. The van der Waals surface area contributed by atoms with Gasteiger partial charge in [-0.15, -0.1) is 10.2 Å². The minimum absolute atomic E-state index is 0.0362. The summed E-state index contributed by atoms with van der Waals surface area (Å²) in [6.45, 7) is 9.09. The largest absolute Gasteiger partial charge is 0.365 e. The van der Waals surface area contributed by atoms with Crippen LogP contribution in [-0.2, 0) is 14.8 Å². The Morgan fingerprint density at radius 1 is 1.24 bits per heavy atom. The number of ether oxygens (including phenoxy) is 1. The molecule has 0 N–H and O–H groups in total. The first-order valence-corrected chi connectivity index (χ1v) is 19.5. The summed E-state index contributed by atoms with van der Waals surface area (Å²) < 4.78 is 62.0. The predicted molar refractivity (Wildman–Crippen MR) is 149 cm³/mol. The fourth-order valence-electron chi connectivity index (χ4n) is 3.57. The number of benzene rings is 1. The smallest absolute Gasteiger partial charge is 0.291 e. The molecular formula is C22H28BrF2N5O3S3Si. The monoisotopic (exact) mass is 651 g/mol. The standard InChI is InChI=1S/C22H28BrF2N5O3S3Si/c1-22(6-7-22)30(12-33-8-9-37(3,4)5)36(31,32)13-10-14-16(15(23)11-13)26-21(34-2)27-17(14)19-28-29-20(35-19)18(24)25/h10-11,18H,6-9,12H2,1-5H3. The molecule has 0 unspecified atom stereocenters. The predicted octanol–water partition coefficient (Wildman–Crippen LogP) is 6.43. The summed E-state index contributed by atoms with van der Waals surface area (Å²) in [6, 6.07) is 3.93. The molecule has 0 amide bonds. The van der Waals surface area contributed by atoms with Crippen molar-refractivity contribution < 1.29 is 21.9 Å². The number of thioether (sulfide) groups is 1. The second-order valence-corrected chi connectivity index (χ2v) is 20.4. The van der Waals surface area contributed by atoms with Gasteiger partial charge in [0.05, 0.1) is 10.4 Å². The van der Waals surface area contributed by atoms with Crippen molar-refractivity contribution in [3.05, 3.63) is 21.6 Å². The van der Waals surface area contributed by atoms with Crippen molar-refractivity contribution in [3.8, 4) is 10.7 Å². The average molecular weight is 653 g/mol. The molecule has 0 saturated heterocycles. The number of nitrogens with zero attached hydrogens (tertiary/aromatic N) is 5. The highest BCUT2D eigenvalue weighted by Crippen LogP contribution is 2.45. The van der Waals surface area contributed by atoms with Crippen LogP contribution in [0.2, 0.25) is 25.7 Å². The van der Waals surface area contributed by atoms with Crippen LogP contribution in [0.25, 0.3) is 21.6 Å². The number of hydrogen-bond donors (Lipinski definition) is 0. The van der Waals surface area contributed by atoms with Gasteiger partial charge in [-0.25, -0.2) is 27.2 Å². The topological polar surface area (TPSA) is 98.2 Å². The van der Waals surface area contributed by atoms with Crippen LogP contribution < -0.4 is 0 Å². The molecule has 0 spiro atoms. The van der Waals surface area contributed by atoms with Crippen molar-refractivity contribution in [3.63, 3.8) is 0 Å². The normalized spacial score (nSPS) is 15.7. The lowest BCUT2D eigenvalue weighted by atomic mass is 10.2. The first-order valence-electron chi connectivity index (χ1n) is 11.5. The first kappa shape index (κ1) is 28.9. The second kappa shape index (κ2) is 10.8. The zero-order chi connectivity index (χ0) is 27.2. The summed E-state index contributed by atoms with van der Waals surface area (Å²) in [6.07, 6.45) is 0.505. The molecule has 1 aliphatic rings. The van der Waals surface area contributed by atoms with Crippen molar-refractivity contribution in [1.29, 1.82) is 0 Å². The van der Waals surface area contributed by atoms with Gasteiger partial charge in [-0.1, -0.05) is 42.7 Å². The van der Waals surface area contributed by atoms with E-state index in [0.717, 1.165) is 30.2 Å². The molecule has 3 aromatic rings. The fraction of sp³-hybridized carbons (Fsp3) is 0.545. The number of sulfonamides is 1. The van der Waals surface area contributed by atoms with E-state index in [2.05, 4.69) is 55.7 Å². The first-order chi connectivity index (χ1) is 17.2. The highest BCUT2D eigenvalue weighted by atomic mass is 79.9. The van der Waals surface area contributed by atoms with E-state index >= 15 is 0 Å². The maximum atomic E-state index is 13.9. The van der Waals surface area contributed by atoms with Crippen LogP contribution in [0.3, 0.4) is 0 Å². The summed E-state index contributed by atoms with van der Waals surface area (Å²) >= 11 is 5.48. The Balaban J connectivity index is 1.78. The Labute approximate surface area is 232 Å². The number of fused-ring (bicyclic) bond motifs is 1. The quantitative estimate of drug-likeness (QED) is 0.0769. The Morgan fingerprint density at radius 3 is 2.51 bits per heavy atom. The van der Waals surface area contributed by atoms with Gasteiger partial charge >= 0.3 is 0 Å². The van der Waals surface area contributed by atoms with E-state index in [1.54, 1.807) is 6.26 Å². The third-order valence-electron chi connectivity index (χ3n) is 6.09. The third-order valence-corrected chi connectivity index (χ3v) is 11.8. The van der Waals surface area contributed by atoms with Gasteiger partial charge < -0.3 is 4.74 Å². The zero-order valence-electron chi connectivity index (χ0n) is 21.1. The van der Waals surface area contributed by atoms with Crippen LogP contribution in [0, 0.1) is 0 Å². The van der Waals surface area contributed by atoms with Gasteiger partial charge in [0, 0.05) is 30.1 Å². The maximum Gasteiger partial charge on any atom is 0.291 e. The van der Waals surface area contributed by atoms with Crippen molar-refractivity contribution in [1.82, 2.24) is 24.5 Å². The molecule has 1 aromatic carbocycles. The van der Waals surface area contributed by atoms with Crippen LogP contribution in [0.5, 0.6) is 0 Å². The van der Waals surface area contributed by atoms with Gasteiger partial charge in [0.15, 0.2) is 15.2 Å². The molecule has 2 aromatic heterocycles. The van der Waals surface area contributed by atoms with E-state index in [1.807, 2.05) is 6.92 Å². The van der Waals surface area contributed by atoms with Crippen LogP contribution in [0.1, 0.15) is 31.2 Å². The Hall–Kier alpha value is -1.10. The van der Waals surface area contributed by atoms with Gasteiger partial charge in [0.1, 0.15) is 12.4 Å². The Bertz CT molecular complexity index is 1410. The molecule has 4 rings (SSSR count). The number of hydrogen-bond acceptors (Lipinski definition) is 9. The number of halogens is 3. The molecule has 37 heavy (non-hydrogen) atoms. The summed E-state index contributed by atoms with van der Waals surface area (Å²) in [5.41, 5.74) is 0.192. The molecule has 0 bridgehead atoms. The van der Waals surface area contributed by atoms with Crippen molar-refractivity contribution >= 4 is 68.0 Å². The van der Waals surface area contributed by atoms with Gasteiger partial charge in [0.2, 0.25) is 10.0 Å². The fourth-order valence-corrected chi connectivity index (χ4v) is 7.85. The summed E-state index contributed by atoms with van der Waals surface area (Å²) in [5, 5.41) is 7.99. The van der Waals surface area contributed by atoms with Gasteiger partial charge in [-0.2, -0.15) is 4.31 Å². The molecule has 1 fully saturated rings. The molecular weight excluding hydrogens is 624 g/mol. The molecule has 1 saturated carbocycles. The van der Waals surface area contributed by atoms with Gasteiger partial charge in [0.25, 0.3) is 6.43 Å². The van der Waals surface area contributed by atoms with E-state index in [9.17, 15) is 17.2 Å². The molecule has 15 heteroatoms. The molecule has 1 aliphatic carbocycles. The van der Waals surface area contributed by atoms with Gasteiger partial charge in [-0.05, 0) is 60.1 Å². The summed E-state index contributed by atoms with van der Waals surface area (Å²) in [7, 11) is -5.30. The molecule has 0 aliphatic heterocycles. The molecule has 0 atom stereocenters. The van der Waals surface area contributed by atoms with E-state index < -0.39 is 35.1 Å². The summed E-state index contributed by atoms with van der Waals surface area (Å²) in [4.78, 5) is 9.04. The Morgan fingerprint density at radius 2 is 1.95 bits per heavy atom. The highest BCUT2D eigenvalue weighted by Gasteiger charge is 2.49. The lowest BCUT2D eigenvalue weighted by Crippen LogP contribution is -2.42. The van der Waals surface area contributed by atoms with Crippen LogP contribution in [-0.4, -0.2) is 66.1 Å². The maximum absolute atomic E-state index is 13.9. The molecule has 2 heterocycles. The van der Waals surface area contributed by atoms with E-state index in [4.69, 9.17) is 4.74 Å². The van der Waals surface area contributed by atoms with Gasteiger partial charge in [-0.3, -0.25) is 0 Å². The average Bonchev–Trinajstić information content (AvgIpc) is 3.35. The number of rotatable bonds is 11. The van der Waals surface area contributed by atoms with Crippen LogP contribution in [0.15, 0.2) is 26.7 Å². The van der Waals surface area contributed by atoms with Crippen LogP contribution >= 0.6 is 39.0 Å². The zero-order valence-corrected chi connectivity index (χ0v) is 26.1. The summed E-state index contributed by atoms with van der Waals surface area (Å²) in [5.74, 6) is 0.